The zero-order valence-electron chi connectivity index (χ0n) is 10.9. The van der Waals surface area contributed by atoms with Crippen LogP contribution in [-0.2, 0) is 4.79 Å². The Kier molecular flexibility index (Phi) is 5.63. The van der Waals surface area contributed by atoms with E-state index in [-0.39, 0.29) is 25.9 Å². The van der Waals surface area contributed by atoms with E-state index in [0.717, 1.165) is 25.7 Å². The molecule has 1 heterocycles. The molecule has 1 unspecified atom stereocenters. The van der Waals surface area contributed by atoms with Gasteiger partial charge in [-0.1, -0.05) is 32.6 Å². The fourth-order valence-electron chi connectivity index (χ4n) is 2.46. The lowest BCUT2D eigenvalue weighted by atomic mass is 9.79. The van der Waals surface area contributed by atoms with Gasteiger partial charge in [0, 0.05) is 13.0 Å². The molecule has 18 heavy (non-hydrogen) atoms. The second kappa shape index (κ2) is 6.55. The van der Waals surface area contributed by atoms with Gasteiger partial charge >= 0.3 is 6.18 Å². The maximum atomic E-state index is 13.0. The third-order valence-corrected chi connectivity index (χ3v) is 3.74. The van der Waals surface area contributed by atoms with Gasteiger partial charge in [0.1, 0.15) is 11.2 Å². The molecule has 1 fully saturated rings. The first kappa shape index (κ1) is 15.5. The van der Waals surface area contributed by atoms with Gasteiger partial charge in [0.15, 0.2) is 0 Å². The van der Waals surface area contributed by atoms with E-state index in [0.29, 0.717) is 6.42 Å². The molecule has 0 saturated carbocycles. The van der Waals surface area contributed by atoms with E-state index in [2.05, 4.69) is 12.2 Å². The Labute approximate surface area is 106 Å². The summed E-state index contributed by atoms with van der Waals surface area (Å²) in [5.41, 5.74) is -2.11. The summed E-state index contributed by atoms with van der Waals surface area (Å²) in [6.45, 7) is 2.11. The quantitative estimate of drug-likeness (QED) is 0.714. The van der Waals surface area contributed by atoms with Crippen molar-refractivity contribution in [3.63, 3.8) is 0 Å². The van der Waals surface area contributed by atoms with Gasteiger partial charge in [0.25, 0.3) is 0 Å². The Morgan fingerprint density at radius 3 is 2.39 bits per heavy atom. The van der Waals surface area contributed by atoms with Crippen molar-refractivity contribution in [1.29, 1.82) is 0 Å². The summed E-state index contributed by atoms with van der Waals surface area (Å²) in [7, 11) is 0. The topological polar surface area (TPSA) is 29.1 Å². The Balaban J connectivity index is 2.47. The minimum absolute atomic E-state index is 0.0604. The fourth-order valence-corrected chi connectivity index (χ4v) is 2.46. The highest BCUT2D eigenvalue weighted by molar-refractivity contribution is 5.86. The third kappa shape index (κ3) is 3.46. The van der Waals surface area contributed by atoms with Gasteiger partial charge < -0.3 is 5.32 Å². The number of carbonyl (C=O) groups excluding carboxylic acids is 1. The van der Waals surface area contributed by atoms with Gasteiger partial charge in [-0.3, -0.25) is 4.79 Å². The van der Waals surface area contributed by atoms with Crippen molar-refractivity contribution < 1.29 is 18.0 Å². The van der Waals surface area contributed by atoms with E-state index in [1.54, 1.807) is 0 Å². The minimum Gasteiger partial charge on any atom is -0.315 e. The zero-order chi connectivity index (χ0) is 13.6. The molecule has 0 aliphatic carbocycles. The van der Waals surface area contributed by atoms with Gasteiger partial charge in [-0.25, -0.2) is 0 Å². The molecule has 0 spiro atoms. The van der Waals surface area contributed by atoms with Crippen LogP contribution in [0.3, 0.4) is 0 Å². The second-order valence-corrected chi connectivity index (χ2v) is 5.09. The highest BCUT2D eigenvalue weighted by atomic mass is 19.4. The predicted octanol–water partition coefficient (Wildman–Crippen LogP) is 3.46. The van der Waals surface area contributed by atoms with E-state index in [9.17, 15) is 18.0 Å². The van der Waals surface area contributed by atoms with E-state index in [4.69, 9.17) is 0 Å². The van der Waals surface area contributed by atoms with Crippen molar-refractivity contribution in [3.8, 4) is 0 Å². The monoisotopic (exact) mass is 265 g/mol. The molecule has 1 aliphatic rings. The smallest absolute Gasteiger partial charge is 0.315 e. The van der Waals surface area contributed by atoms with Gasteiger partial charge in [-0.15, -0.1) is 0 Å². The molecule has 2 nitrogen and oxygen atoms in total. The van der Waals surface area contributed by atoms with Crippen LogP contribution < -0.4 is 5.32 Å². The van der Waals surface area contributed by atoms with Crippen molar-refractivity contribution >= 4 is 5.78 Å². The van der Waals surface area contributed by atoms with E-state index in [1.807, 2.05) is 0 Å². The van der Waals surface area contributed by atoms with Gasteiger partial charge in [0.2, 0.25) is 0 Å². The minimum atomic E-state index is -4.42. The molecule has 1 atom stereocenters. The molecule has 5 heteroatoms. The SMILES string of the molecule is CCCCCCCC(=O)C1(C(F)(F)F)CCNC1. The Morgan fingerprint density at radius 1 is 1.22 bits per heavy atom. The lowest BCUT2D eigenvalue weighted by Gasteiger charge is -2.29. The molecular weight excluding hydrogens is 243 g/mol. The molecule has 1 aliphatic heterocycles. The van der Waals surface area contributed by atoms with E-state index < -0.39 is 17.4 Å². The molecule has 106 valence electrons. The Morgan fingerprint density at radius 2 is 1.89 bits per heavy atom. The summed E-state index contributed by atoms with van der Waals surface area (Å²) >= 11 is 0. The van der Waals surface area contributed by atoms with E-state index in [1.165, 1.54) is 0 Å². The Bertz CT molecular complexity index is 270. The van der Waals surface area contributed by atoms with Crippen LogP contribution in [0.15, 0.2) is 0 Å². The molecule has 0 amide bonds. The van der Waals surface area contributed by atoms with Crippen LogP contribution in [0.25, 0.3) is 0 Å². The molecule has 1 saturated heterocycles. The molecule has 1 rings (SSSR count). The van der Waals surface area contributed by atoms with Crippen LogP contribution in [-0.4, -0.2) is 25.0 Å². The van der Waals surface area contributed by atoms with Gasteiger partial charge in [-0.2, -0.15) is 13.2 Å². The summed E-state index contributed by atoms with van der Waals surface area (Å²) in [4.78, 5) is 11.9. The fraction of sp³-hybridized carbons (Fsp3) is 0.923. The summed E-state index contributed by atoms with van der Waals surface area (Å²) in [5, 5.41) is 2.67. The number of carbonyl (C=O) groups is 1. The number of unbranched alkanes of at least 4 members (excludes halogenated alkanes) is 4. The van der Waals surface area contributed by atoms with Crippen LogP contribution in [0.4, 0.5) is 13.2 Å². The molecule has 0 aromatic heterocycles. The van der Waals surface area contributed by atoms with Crippen LogP contribution in [0.5, 0.6) is 0 Å². The van der Waals surface area contributed by atoms with Crippen molar-refractivity contribution in [2.24, 2.45) is 5.41 Å². The summed E-state index contributed by atoms with van der Waals surface area (Å²) in [6, 6.07) is 0. The lowest BCUT2D eigenvalue weighted by Crippen LogP contribution is -2.46. The maximum absolute atomic E-state index is 13.0. The highest BCUT2D eigenvalue weighted by Crippen LogP contribution is 2.44. The van der Waals surface area contributed by atoms with Crippen molar-refractivity contribution in [2.75, 3.05) is 13.1 Å². The summed E-state index contributed by atoms with van der Waals surface area (Å²) < 4.78 is 39.1. The average molecular weight is 265 g/mol. The molecule has 0 radical (unpaired) electrons. The van der Waals surface area contributed by atoms with Crippen molar-refractivity contribution in [1.82, 2.24) is 5.32 Å². The number of hydrogen-bond acceptors (Lipinski definition) is 2. The largest absolute Gasteiger partial charge is 0.402 e. The standard InChI is InChI=1S/C13H22F3NO/c1-2-3-4-5-6-7-11(18)12(13(14,15)16)8-9-17-10-12/h17H,2-10H2,1H3. The van der Waals surface area contributed by atoms with Gasteiger partial charge in [0.05, 0.1) is 0 Å². The molecular formula is C13H22F3NO. The average Bonchev–Trinajstić information content (AvgIpc) is 2.78. The number of hydrogen-bond donors (Lipinski definition) is 1. The first-order valence-electron chi connectivity index (χ1n) is 6.75. The van der Waals surface area contributed by atoms with Gasteiger partial charge in [-0.05, 0) is 19.4 Å². The first-order chi connectivity index (χ1) is 8.44. The molecule has 1 N–H and O–H groups in total. The number of alkyl halides is 3. The second-order valence-electron chi connectivity index (χ2n) is 5.09. The summed E-state index contributed by atoms with van der Waals surface area (Å²) in [5.74, 6) is -0.628. The van der Waals surface area contributed by atoms with Crippen LogP contribution >= 0.6 is 0 Å². The predicted molar refractivity (Wildman–Crippen MR) is 64.4 cm³/mol. The zero-order valence-corrected chi connectivity index (χ0v) is 10.9. The van der Waals surface area contributed by atoms with Crippen LogP contribution in [0.2, 0.25) is 0 Å². The third-order valence-electron chi connectivity index (χ3n) is 3.74. The first-order valence-corrected chi connectivity index (χ1v) is 6.75. The number of halogens is 3. The van der Waals surface area contributed by atoms with Crippen molar-refractivity contribution in [3.05, 3.63) is 0 Å². The van der Waals surface area contributed by atoms with E-state index >= 15 is 0 Å². The number of nitrogens with one attached hydrogen (secondary N) is 1. The lowest BCUT2D eigenvalue weighted by molar-refractivity contribution is -0.214. The molecule has 0 aromatic carbocycles. The molecule has 0 bridgehead atoms. The number of Topliss-reactive ketones (excluding diaryl/α,β-unsaturated/α-hetero) is 1. The number of ketones is 1. The molecule has 0 aromatic rings. The highest BCUT2D eigenvalue weighted by Gasteiger charge is 2.60. The van der Waals surface area contributed by atoms with Crippen molar-refractivity contribution in [2.45, 2.75) is 58.0 Å². The Hall–Kier alpha value is -0.580. The summed E-state index contributed by atoms with van der Waals surface area (Å²) in [6.07, 6.45) is 0.134. The van der Waals surface area contributed by atoms with Crippen LogP contribution in [0, 0.1) is 5.41 Å². The maximum Gasteiger partial charge on any atom is 0.402 e. The normalized spacial score (nSPS) is 24.4. The van der Waals surface area contributed by atoms with Crippen LogP contribution in [0.1, 0.15) is 51.9 Å². The number of rotatable bonds is 7.